The number of carboxylic acid groups (broad SMARTS) is 2. The van der Waals surface area contributed by atoms with Crippen LogP contribution < -0.4 is 4.90 Å². The fourth-order valence-electron chi connectivity index (χ4n) is 1.23. The topological polar surface area (TPSA) is 77.8 Å². The van der Waals surface area contributed by atoms with Crippen LogP contribution in [-0.4, -0.2) is 29.2 Å². The van der Waals surface area contributed by atoms with Gasteiger partial charge in [-0.1, -0.05) is 0 Å². The lowest BCUT2D eigenvalue weighted by atomic mass is 10.2. The first-order chi connectivity index (χ1) is 7.45. The first kappa shape index (κ1) is 12.3. The molecule has 16 heavy (non-hydrogen) atoms. The zero-order valence-corrected chi connectivity index (χ0v) is 9.61. The summed E-state index contributed by atoms with van der Waals surface area (Å²) in [7, 11) is 1.53. The summed E-state index contributed by atoms with van der Waals surface area (Å²) in [6.45, 7) is 1.27. The predicted octanol–water partition coefficient (Wildman–Crippen LogP) is 1.63. The molecule has 5 nitrogen and oxygen atoms in total. The average molecular weight is 241 g/mol. The number of anilines is 1. The Hall–Kier alpha value is -1.82. The molecular formula is C10H11NO4S. The zero-order chi connectivity index (χ0) is 12.3. The van der Waals surface area contributed by atoms with E-state index < -0.39 is 11.9 Å². The lowest BCUT2D eigenvalue weighted by Gasteiger charge is -2.18. The number of aliphatic carboxylic acids is 2. The maximum absolute atomic E-state index is 11.0. The van der Waals surface area contributed by atoms with Gasteiger partial charge >= 0.3 is 11.9 Å². The van der Waals surface area contributed by atoms with Crippen LogP contribution in [0.15, 0.2) is 28.8 Å². The van der Waals surface area contributed by atoms with Crippen molar-refractivity contribution in [2.24, 2.45) is 0 Å². The smallest absolute Gasteiger partial charge is 0.353 e. The second-order valence-electron chi connectivity index (χ2n) is 3.09. The molecule has 1 rings (SSSR count). The Labute approximate surface area is 96.2 Å². The highest BCUT2D eigenvalue weighted by atomic mass is 32.1. The van der Waals surface area contributed by atoms with Crippen molar-refractivity contribution >= 4 is 28.3 Å². The van der Waals surface area contributed by atoms with Crippen molar-refractivity contribution in [2.45, 2.75) is 6.92 Å². The number of carbonyl (C=O) groups is 2. The molecule has 0 unspecified atom stereocenters. The maximum atomic E-state index is 11.0. The van der Waals surface area contributed by atoms with Gasteiger partial charge in [0.25, 0.3) is 0 Å². The number of rotatable bonds is 4. The summed E-state index contributed by atoms with van der Waals surface area (Å²) in [5.74, 6) is -2.49. The molecule has 6 heteroatoms. The minimum atomic E-state index is -1.25. The van der Waals surface area contributed by atoms with E-state index in [-0.39, 0.29) is 11.3 Å². The predicted molar refractivity (Wildman–Crippen MR) is 60.7 cm³/mol. The molecule has 0 spiro atoms. The molecule has 0 amide bonds. The summed E-state index contributed by atoms with van der Waals surface area (Å²) in [6, 6.07) is 3.49. The molecule has 0 aromatic carbocycles. The minimum Gasteiger partial charge on any atom is -0.478 e. The second-order valence-corrected chi connectivity index (χ2v) is 4.02. The minimum absolute atomic E-state index is 0.191. The highest BCUT2D eigenvalue weighted by Gasteiger charge is 2.21. The number of thiophene rings is 1. The van der Waals surface area contributed by atoms with Crippen molar-refractivity contribution < 1.29 is 19.8 Å². The highest BCUT2D eigenvalue weighted by Crippen LogP contribution is 2.24. The van der Waals surface area contributed by atoms with Crippen LogP contribution in [0.4, 0.5) is 5.00 Å². The standard InChI is InChI=1S/C10H11NO4S/c1-6(9(12)13)8(10(14)15)11(2)7-4-3-5-16-7/h3-5H,1-2H3,(H,12,13)(H,14,15). The Morgan fingerprint density at radius 2 is 1.94 bits per heavy atom. The van der Waals surface area contributed by atoms with Crippen LogP contribution in [-0.2, 0) is 9.59 Å². The number of hydrogen-bond donors (Lipinski definition) is 2. The van der Waals surface area contributed by atoms with E-state index in [0.29, 0.717) is 5.00 Å². The summed E-state index contributed by atoms with van der Waals surface area (Å²) in [5.41, 5.74) is -0.418. The van der Waals surface area contributed by atoms with E-state index in [1.165, 1.54) is 30.2 Å². The van der Waals surface area contributed by atoms with E-state index in [1.54, 1.807) is 17.5 Å². The summed E-state index contributed by atoms with van der Waals surface area (Å²) < 4.78 is 0. The summed E-state index contributed by atoms with van der Waals surface area (Å²) in [4.78, 5) is 23.2. The SMILES string of the molecule is CC(C(=O)O)=C(C(=O)O)N(C)c1cccs1. The average Bonchev–Trinajstić information content (AvgIpc) is 2.69. The molecule has 0 fully saturated rings. The molecule has 86 valence electrons. The monoisotopic (exact) mass is 241 g/mol. The van der Waals surface area contributed by atoms with E-state index in [1.807, 2.05) is 0 Å². The molecule has 1 aromatic heterocycles. The third-order valence-corrected chi connectivity index (χ3v) is 3.00. The second kappa shape index (κ2) is 4.80. The van der Waals surface area contributed by atoms with Gasteiger partial charge in [0.1, 0.15) is 5.70 Å². The number of nitrogens with zero attached hydrogens (tertiary/aromatic N) is 1. The Bertz CT molecular complexity index is 436. The molecule has 1 aromatic rings. The molecule has 1 heterocycles. The first-order valence-corrected chi connectivity index (χ1v) is 5.27. The van der Waals surface area contributed by atoms with Crippen LogP contribution in [0.3, 0.4) is 0 Å². The molecule has 0 aliphatic carbocycles. The van der Waals surface area contributed by atoms with Crippen LogP contribution in [0.2, 0.25) is 0 Å². The number of hydrogen-bond acceptors (Lipinski definition) is 4. The van der Waals surface area contributed by atoms with Gasteiger partial charge in [0.05, 0.1) is 10.6 Å². The molecule has 0 bridgehead atoms. The van der Waals surface area contributed by atoms with Crippen molar-refractivity contribution in [2.75, 3.05) is 11.9 Å². The molecule has 0 atom stereocenters. The van der Waals surface area contributed by atoms with E-state index in [4.69, 9.17) is 10.2 Å². The van der Waals surface area contributed by atoms with Crippen molar-refractivity contribution in [3.63, 3.8) is 0 Å². The van der Waals surface area contributed by atoms with Gasteiger partial charge in [0.2, 0.25) is 0 Å². The fourth-order valence-corrected chi connectivity index (χ4v) is 1.93. The zero-order valence-electron chi connectivity index (χ0n) is 8.80. The van der Waals surface area contributed by atoms with Gasteiger partial charge in [0, 0.05) is 7.05 Å². The fraction of sp³-hybridized carbons (Fsp3) is 0.200. The normalized spacial score (nSPS) is 11.9. The van der Waals surface area contributed by atoms with Gasteiger partial charge in [-0.2, -0.15) is 0 Å². The molecule has 2 N–H and O–H groups in total. The van der Waals surface area contributed by atoms with Crippen LogP contribution in [0.5, 0.6) is 0 Å². The third-order valence-electron chi connectivity index (χ3n) is 2.05. The van der Waals surface area contributed by atoms with Crippen molar-refractivity contribution in [3.8, 4) is 0 Å². The number of likely N-dealkylation sites (N-methyl/N-ethyl adjacent to an activating group) is 1. The van der Waals surface area contributed by atoms with Crippen LogP contribution in [0, 0.1) is 0 Å². The van der Waals surface area contributed by atoms with Crippen molar-refractivity contribution in [1.82, 2.24) is 0 Å². The van der Waals surface area contributed by atoms with Crippen molar-refractivity contribution in [3.05, 3.63) is 28.8 Å². The van der Waals surface area contributed by atoms with Gasteiger partial charge in [-0.25, -0.2) is 9.59 Å². The van der Waals surface area contributed by atoms with E-state index >= 15 is 0 Å². The highest BCUT2D eigenvalue weighted by molar-refractivity contribution is 7.14. The van der Waals surface area contributed by atoms with Crippen LogP contribution in [0.1, 0.15) is 6.92 Å². The van der Waals surface area contributed by atoms with E-state index in [9.17, 15) is 9.59 Å². The van der Waals surface area contributed by atoms with E-state index in [2.05, 4.69) is 0 Å². The lowest BCUT2D eigenvalue weighted by molar-refractivity contribution is -0.135. The van der Waals surface area contributed by atoms with Gasteiger partial charge in [0.15, 0.2) is 0 Å². The molecular weight excluding hydrogens is 230 g/mol. The van der Waals surface area contributed by atoms with Gasteiger partial charge in [-0.3, -0.25) is 0 Å². The Balaban J connectivity index is 3.19. The molecule has 0 saturated carbocycles. The summed E-state index contributed by atoms with van der Waals surface area (Å²) in [6.07, 6.45) is 0. The molecule has 0 radical (unpaired) electrons. The molecule has 0 aliphatic rings. The van der Waals surface area contributed by atoms with Crippen molar-refractivity contribution in [1.29, 1.82) is 0 Å². The lowest BCUT2D eigenvalue weighted by Crippen LogP contribution is -2.25. The summed E-state index contributed by atoms with van der Waals surface area (Å²) in [5, 5.41) is 20.3. The van der Waals surface area contributed by atoms with Gasteiger partial charge in [-0.05, 0) is 24.4 Å². The molecule has 0 aliphatic heterocycles. The van der Waals surface area contributed by atoms with Crippen LogP contribution >= 0.6 is 11.3 Å². The number of carboxylic acids is 2. The Morgan fingerprint density at radius 1 is 1.31 bits per heavy atom. The third kappa shape index (κ3) is 2.40. The van der Waals surface area contributed by atoms with Gasteiger partial charge < -0.3 is 15.1 Å². The van der Waals surface area contributed by atoms with E-state index in [0.717, 1.165) is 0 Å². The Kier molecular flexibility index (Phi) is 3.68. The first-order valence-electron chi connectivity index (χ1n) is 4.40. The largest absolute Gasteiger partial charge is 0.478 e. The molecule has 0 saturated heterocycles. The van der Waals surface area contributed by atoms with Crippen LogP contribution in [0.25, 0.3) is 0 Å². The summed E-state index contributed by atoms with van der Waals surface area (Å²) >= 11 is 1.34. The maximum Gasteiger partial charge on any atom is 0.353 e. The quantitative estimate of drug-likeness (QED) is 0.783. The Morgan fingerprint density at radius 3 is 2.31 bits per heavy atom. The van der Waals surface area contributed by atoms with Gasteiger partial charge in [-0.15, -0.1) is 11.3 Å².